The molecular formula is C16H18B4ClN5O. The number of aromatic amines is 1. The van der Waals surface area contributed by atoms with E-state index in [4.69, 9.17) is 11.6 Å². The molecule has 0 spiro atoms. The number of H-pyrrole nitrogens is 1. The van der Waals surface area contributed by atoms with Gasteiger partial charge in [0.1, 0.15) is 37.2 Å². The first kappa shape index (κ1) is 19.3. The van der Waals surface area contributed by atoms with E-state index < -0.39 is 10.4 Å². The quantitative estimate of drug-likeness (QED) is 0.559. The van der Waals surface area contributed by atoms with Crippen molar-refractivity contribution in [1.82, 2.24) is 20.4 Å². The van der Waals surface area contributed by atoms with Crippen LogP contribution in [0.15, 0.2) is 48.8 Å². The van der Waals surface area contributed by atoms with Gasteiger partial charge < -0.3 is 5.32 Å². The first-order valence-corrected chi connectivity index (χ1v) is 8.99. The average molecular weight is 375 g/mol. The molecule has 0 saturated heterocycles. The van der Waals surface area contributed by atoms with Crippen molar-refractivity contribution >= 4 is 54.7 Å². The lowest BCUT2D eigenvalue weighted by Crippen LogP contribution is -2.50. The predicted octanol–water partition coefficient (Wildman–Crippen LogP) is -1.04. The summed E-state index contributed by atoms with van der Waals surface area (Å²) in [7, 11) is 7.97. The van der Waals surface area contributed by atoms with Crippen molar-refractivity contribution in [2.24, 2.45) is 0 Å². The van der Waals surface area contributed by atoms with Gasteiger partial charge in [-0.25, -0.2) is 0 Å². The Bertz CT molecular complexity index is 947. The molecule has 0 saturated carbocycles. The number of benzene rings is 1. The summed E-state index contributed by atoms with van der Waals surface area (Å²) in [5.41, 5.74) is 2.55. The number of hydrogen-bond donors (Lipinski definition) is 2. The minimum Gasteiger partial charge on any atom is -0.312 e. The molecular weight excluding hydrogens is 357 g/mol. The zero-order chi connectivity index (χ0) is 19.7. The maximum Gasteiger partial charge on any atom is 0.215 e. The lowest BCUT2D eigenvalue weighted by molar-refractivity contribution is -0.117. The van der Waals surface area contributed by atoms with Crippen molar-refractivity contribution in [1.29, 1.82) is 0 Å². The molecule has 0 fully saturated rings. The van der Waals surface area contributed by atoms with E-state index in [1.165, 1.54) is 0 Å². The molecule has 0 unspecified atom stereocenters. The maximum absolute atomic E-state index is 13.1. The molecule has 3 rings (SSSR count). The Morgan fingerprint density at radius 2 is 1.78 bits per heavy atom. The van der Waals surface area contributed by atoms with E-state index in [2.05, 4.69) is 41.4 Å². The highest BCUT2D eigenvalue weighted by Gasteiger charge is 2.43. The van der Waals surface area contributed by atoms with E-state index in [0.29, 0.717) is 16.5 Å². The van der Waals surface area contributed by atoms with Crippen LogP contribution in [0, 0.1) is 0 Å². The van der Waals surface area contributed by atoms with E-state index in [0.717, 1.165) is 11.1 Å². The van der Waals surface area contributed by atoms with Gasteiger partial charge >= 0.3 is 0 Å². The van der Waals surface area contributed by atoms with Gasteiger partial charge in [0.2, 0.25) is 5.91 Å². The highest BCUT2D eigenvalue weighted by atomic mass is 35.5. The number of amides is 1. The summed E-state index contributed by atoms with van der Waals surface area (Å²) in [5, 5.41) is 17.2. The SMILES string of the molecule is BC(B)(C(=O)Nc1cc(-c2ccnnc2)n[nH]1)C(B)(B)c1ccc(Cl)cc1. The van der Waals surface area contributed by atoms with Gasteiger partial charge in [-0.3, -0.25) is 9.89 Å². The van der Waals surface area contributed by atoms with E-state index >= 15 is 0 Å². The van der Waals surface area contributed by atoms with Crippen LogP contribution in [-0.4, -0.2) is 57.7 Å². The van der Waals surface area contributed by atoms with Crippen LogP contribution in [0.2, 0.25) is 10.2 Å². The van der Waals surface area contributed by atoms with Crippen LogP contribution in [-0.2, 0) is 10.0 Å². The second-order valence-electron chi connectivity index (χ2n) is 7.51. The fourth-order valence-electron chi connectivity index (χ4n) is 2.77. The third-order valence-corrected chi connectivity index (χ3v) is 5.65. The molecule has 1 aromatic carbocycles. The molecule has 0 aliphatic rings. The molecule has 2 N–H and O–H groups in total. The summed E-state index contributed by atoms with van der Waals surface area (Å²) in [4.78, 5) is 13.1. The van der Waals surface area contributed by atoms with Gasteiger partial charge in [0.15, 0.2) is 0 Å². The third-order valence-electron chi connectivity index (χ3n) is 5.40. The Balaban J connectivity index is 1.80. The first-order valence-electron chi connectivity index (χ1n) is 8.62. The van der Waals surface area contributed by atoms with Gasteiger partial charge in [0.05, 0.1) is 18.1 Å². The summed E-state index contributed by atoms with van der Waals surface area (Å²) in [6.45, 7) is 0. The number of rotatable bonds is 5. The molecule has 6 nitrogen and oxygen atoms in total. The summed E-state index contributed by atoms with van der Waals surface area (Å²) >= 11 is 6.00. The Labute approximate surface area is 166 Å². The zero-order valence-electron chi connectivity index (χ0n) is 15.7. The number of hydrogen-bond acceptors (Lipinski definition) is 4. The number of nitrogens with one attached hydrogen (secondary N) is 2. The van der Waals surface area contributed by atoms with Crippen LogP contribution >= 0.6 is 11.6 Å². The monoisotopic (exact) mass is 375 g/mol. The molecule has 2 aromatic heterocycles. The van der Waals surface area contributed by atoms with Crippen LogP contribution in [0.5, 0.6) is 0 Å². The second-order valence-corrected chi connectivity index (χ2v) is 7.95. The zero-order valence-corrected chi connectivity index (χ0v) is 16.5. The van der Waals surface area contributed by atoms with E-state index in [-0.39, 0.29) is 5.91 Å². The number of carbonyl (C=O) groups excluding carboxylic acids is 1. The van der Waals surface area contributed by atoms with Crippen molar-refractivity contribution in [2.45, 2.75) is 10.4 Å². The molecule has 3 aromatic rings. The summed E-state index contributed by atoms with van der Waals surface area (Å²) < 4.78 is 0. The highest BCUT2D eigenvalue weighted by molar-refractivity contribution is 6.62. The van der Waals surface area contributed by atoms with Crippen molar-refractivity contribution in [3.8, 4) is 11.3 Å². The topological polar surface area (TPSA) is 83.6 Å². The normalized spacial score (nSPS) is 11.9. The molecule has 0 atom stereocenters. The van der Waals surface area contributed by atoms with Gasteiger partial charge in [-0.05, 0) is 23.4 Å². The van der Waals surface area contributed by atoms with Gasteiger partial charge in [-0.2, -0.15) is 15.3 Å². The van der Waals surface area contributed by atoms with Crippen LogP contribution < -0.4 is 5.32 Å². The Hall–Kier alpha value is -2.47. The average Bonchev–Trinajstić information content (AvgIpc) is 3.11. The molecule has 27 heavy (non-hydrogen) atoms. The molecule has 0 aliphatic heterocycles. The lowest BCUT2D eigenvalue weighted by atomic mass is 9.28. The van der Waals surface area contributed by atoms with Crippen LogP contribution in [0.4, 0.5) is 5.82 Å². The molecule has 2 heterocycles. The van der Waals surface area contributed by atoms with Crippen molar-refractivity contribution < 1.29 is 4.79 Å². The van der Waals surface area contributed by atoms with Crippen molar-refractivity contribution in [2.75, 3.05) is 5.32 Å². The second kappa shape index (κ2) is 7.27. The Morgan fingerprint density at radius 3 is 2.41 bits per heavy atom. The number of anilines is 1. The minimum absolute atomic E-state index is 0.106. The molecule has 11 heteroatoms. The first-order chi connectivity index (χ1) is 12.7. The lowest BCUT2D eigenvalue weighted by Gasteiger charge is -2.41. The predicted molar refractivity (Wildman–Crippen MR) is 118 cm³/mol. The molecule has 0 aliphatic carbocycles. The fraction of sp³-hybridized carbons (Fsp3) is 0.125. The minimum atomic E-state index is -0.690. The fourth-order valence-corrected chi connectivity index (χ4v) is 2.89. The molecule has 0 radical (unpaired) electrons. The smallest absolute Gasteiger partial charge is 0.215 e. The molecule has 0 bridgehead atoms. The van der Waals surface area contributed by atoms with Gasteiger partial charge in [-0.15, -0.1) is 0 Å². The van der Waals surface area contributed by atoms with Gasteiger partial charge in [0, 0.05) is 16.7 Å². The number of nitrogens with zero attached hydrogens (tertiary/aromatic N) is 3. The van der Waals surface area contributed by atoms with Crippen LogP contribution in [0.1, 0.15) is 5.56 Å². The van der Waals surface area contributed by atoms with Crippen LogP contribution in [0.25, 0.3) is 11.3 Å². The molecule has 1 amide bonds. The molecule has 132 valence electrons. The van der Waals surface area contributed by atoms with Crippen molar-refractivity contribution in [3.63, 3.8) is 0 Å². The summed E-state index contributed by atoms with van der Waals surface area (Å²) in [5.74, 6) is 0.428. The van der Waals surface area contributed by atoms with E-state index in [1.54, 1.807) is 18.5 Å². The van der Waals surface area contributed by atoms with Gasteiger partial charge in [-0.1, -0.05) is 34.5 Å². The standard InChI is InChI=1S/C16H18B4ClN5O/c17-15(18,10-1-3-11(21)4-2-10)16(19,20)14(27)24-13-7-12(25-26-13)9-5-6-22-23-8-9/h1-8H,17-20H2,(H2,24,25,26,27). The summed E-state index contributed by atoms with van der Waals surface area (Å²) in [6.07, 6.45) is 3.22. The third kappa shape index (κ3) is 3.81. The van der Waals surface area contributed by atoms with Crippen molar-refractivity contribution in [3.05, 3.63) is 59.4 Å². The maximum atomic E-state index is 13.1. The highest BCUT2D eigenvalue weighted by Crippen LogP contribution is 2.39. The number of halogens is 1. The number of carbonyl (C=O) groups is 1. The van der Waals surface area contributed by atoms with E-state index in [1.807, 2.05) is 46.0 Å². The largest absolute Gasteiger partial charge is 0.312 e. The number of aromatic nitrogens is 4. The van der Waals surface area contributed by atoms with Gasteiger partial charge in [0.25, 0.3) is 0 Å². The van der Waals surface area contributed by atoms with E-state index in [9.17, 15) is 4.79 Å². The summed E-state index contributed by atoms with van der Waals surface area (Å²) in [6, 6.07) is 11.2. The van der Waals surface area contributed by atoms with Crippen LogP contribution in [0.3, 0.4) is 0 Å². The Morgan fingerprint density at radius 1 is 1.07 bits per heavy atom. The Kier molecular flexibility index (Phi) is 5.20.